The molecule has 0 aliphatic carbocycles. The van der Waals surface area contributed by atoms with Gasteiger partial charge < -0.3 is 9.84 Å². The topological polar surface area (TPSA) is 45.1 Å². The van der Waals surface area contributed by atoms with Crippen LogP contribution >= 0.6 is 0 Å². The zero-order valence-corrected chi connectivity index (χ0v) is 14.0. The van der Waals surface area contributed by atoms with Gasteiger partial charge in [0.2, 0.25) is 0 Å². The van der Waals surface area contributed by atoms with Crippen LogP contribution in [-0.4, -0.2) is 18.4 Å². The van der Waals surface area contributed by atoms with Crippen LogP contribution in [-0.2, 0) is 6.54 Å². The van der Waals surface area contributed by atoms with E-state index in [0.717, 1.165) is 11.3 Å². The number of methoxy groups -OCH3 is 1. The van der Waals surface area contributed by atoms with Crippen LogP contribution in [0.1, 0.15) is 11.1 Å². The average Bonchev–Trinajstić information content (AvgIpc) is 2.67. The first-order chi connectivity index (χ1) is 12.3. The second kappa shape index (κ2) is 8.02. The van der Waals surface area contributed by atoms with Crippen molar-refractivity contribution in [2.24, 2.45) is 5.10 Å². The second-order valence-corrected chi connectivity index (χ2v) is 5.55. The van der Waals surface area contributed by atoms with Crippen molar-refractivity contribution < 1.29 is 9.84 Å². The summed E-state index contributed by atoms with van der Waals surface area (Å²) in [4.78, 5) is 0. The van der Waals surface area contributed by atoms with E-state index in [-0.39, 0.29) is 5.75 Å². The van der Waals surface area contributed by atoms with Crippen molar-refractivity contribution in [2.45, 2.75) is 6.54 Å². The van der Waals surface area contributed by atoms with E-state index in [1.807, 2.05) is 59.6 Å². The Balaban J connectivity index is 1.85. The van der Waals surface area contributed by atoms with E-state index in [2.05, 4.69) is 17.2 Å². The van der Waals surface area contributed by atoms with Crippen molar-refractivity contribution >= 4 is 11.9 Å². The van der Waals surface area contributed by atoms with Crippen LogP contribution in [0.3, 0.4) is 0 Å². The number of nitrogens with zero attached hydrogens (tertiary/aromatic N) is 2. The molecule has 1 N–H and O–H groups in total. The first-order valence-corrected chi connectivity index (χ1v) is 8.04. The number of hydrazone groups is 1. The molecule has 0 saturated heterocycles. The number of hydrogen-bond acceptors (Lipinski definition) is 4. The normalized spacial score (nSPS) is 10.8. The zero-order valence-electron chi connectivity index (χ0n) is 14.0. The Labute approximate surface area is 147 Å². The molecule has 4 heteroatoms. The van der Waals surface area contributed by atoms with Crippen LogP contribution < -0.4 is 9.75 Å². The van der Waals surface area contributed by atoms with E-state index in [9.17, 15) is 5.11 Å². The van der Waals surface area contributed by atoms with Crippen molar-refractivity contribution in [1.29, 1.82) is 0 Å². The van der Waals surface area contributed by atoms with Gasteiger partial charge in [-0.2, -0.15) is 5.10 Å². The highest BCUT2D eigenvalue weighted by Gasteiger charge is 2.06. The third-order valence-corrected chi connectivity index (χ3v) is 3.78. The SMILES string of the molecule is COc1ccc(/C=N/N(Cc2ccccc2)c2ccccc2)cc1O. The molecule has 3 aromatic carbocycles. The fraction of sp³-hybridized carbons (Fsp3) is 0.0952. The summed E-state index contributed by atoms with van der Waals surface area (Å²) < 4.78 is 5.07. The number of hydrogen-bond donors (Lipinski definition) is 1. The quantitative estimate of drug-likeness (QED) is 0.536. The Morgan fingerprint density at radius 1 is 0.960 bits per heavy atom. The van der Waals surface area contributed by atoms with Gasteiger partial charge in [0, 0.05) is 0 Å². The Bertz CT molecular complexity index is 833. The average molecular weight is 332 g/mol. The lowest BCUT2D eigenvalue weighted by Crippen LogP contribution is -2.15. The lowest BCUT2D eigenvalue weighted by atomic mass is 10.2. The molecule has 0 saturated carbocycles. The molecule has 0 spiro atoms. The third-order valence-electron chi connectivity index (χ3n) is 3.78. The smallest absolute Gasteiger partial charge is 0.160 e. The maximum absolute atomic E-state index is 9.91. The molecule has 0 aliphatic rings. The molecule has 0 amide bonds. The predicted molar refractivity (Wildman–Crippen MR) is 101 cm³/mol. The maximum Gasteiger partial charge on any atom is 0.160 e. The number of phenols is 1. The molecule has 3 rings (SSSR count). The summed E-state index contributed by atoms with van der Waals surface area (Å²) in [6, 6.07) is 25.4. The van der Waals surface area contributed by atoms with Gasteiger partial charge in [0.05, 0.1) is 25.6 Å². The van der Waals surface area contributed by atoms with Crippen LogP contribution in [0, 0.1) is 0 Å². The Kier molecular flexibility index (Phi) is 5.32. The lowest BCUT2D eigenvalue weighted by Gasteiger charge is -2.19. The Hall–Kier alpha value is -3.27. The highest BCUT2D eigenvalue weighted by molar-refractivity contribution is 5.81. The molecule has 126 valence electrons. The summed E-state index contributed by atoms with van der Waals surface area (Å²) in [5.41, 5.74) is 2.97. The number of aromatic hydroxyl groups is 1. The number of ether oxygens (including phenoxy) is 1. The van der Waals surface area contributed by atoms with Gasteiger partial charge in [0.15, 0.2) is 11.5 Å². The Morgan fingerprint density at radius 3 is 2.28 bits per heavy atom. The van der Waals surface area contributed by atoms with E-state index in [4.69, 9.17) is 4.74 Å². The Morgan fingerprint density at radius 2 is 1.64 bits per heavy atom. The minimum absolute atomic E-state index is 0.0979. The van der Waals surface area contributed by atoms with E-state index >= 15 is 0 Å². The number of rotatable bonds is 6. The summed E-state index contributed by atoms with van der Waals surface area (Å²) >= 11 is 0. The highest BCUT2D eigenvalue weighted by Crippen LogP contribution is 2.25. The molecule has 3 aromatic rings. The summed E-state index contributed by atoms with van der Waals surface area (Å²) in [6.07, 6.45) is 1.73. The van der Waals surface area contributed by atoms with E-state index in [1.165, 1.54) is 12.7 Å². The second-order valence-electron chi connectivity index (χ2n) is 5.55. The molecular formula is C21H20N2O2. The predicted octanol–water partition coefficient (Wildman–Crippen LogP) is 4.44. The summed E-state index contributed by atoms with van der Waals surface area (Å²) in [5.74, 6) is 0.544. The van der Waals surface area contributed by atoms with E-state index < -0.39 is 0 Å². The van der Waals surface area contributed by atoms with Gasteiger partial charge in [-0.3, -0.25) is 5.01 Å². The number of benzene rings is 3. The number of para-hydroxylation sites is 1. The molecule has 25 heavy (non-hydrogen) atoms. The van der Waals surface area contributed by atoms with Crippen LogP contribution in [0.2, 0.25) is 0 Å². The van der Waals surface area contributed by atoms with Crippen molar-refractivity contribution in [2.75, 3.05) is 12.1 Å². The first kappa shape index (κ1) is 16.6. The minimum atomic E-state index is 0.0979. The van der Waals surface area contributed by atoms with Crippen molar-refractivity contribution in [3.05, 3.63) is 90.0 Å². The largest absolute Gasteiger partial charge is 0.504 e. The van der Waals surface area contributed by atoms with Crippen molar-refractivity contribution in [3.63, 3.8) is 0 Å². The van der Waals surface area contributed by atoms with Gasteiger partial charge in [0.25, 0.3) is 0 Å². The number of phenolic OH excluding ortho intramolecular Hbond substituents is 1. The molecule has 0 aliphatic heterocycles. The molecule has 0 heterocycles. The van der Waals surface area contributed by atoms with Crippen LogP contribution in [0.15, 0.2) is 84.0 Å². The molecular weight excluding hydrogens is 312 g/mol. The standard InChI is InChI=1S/C21H20N2O2/c1-25-21-13-12-18(14-20(21)24)15-22-23(19-10-6-3-7-11-19)16-17-8-4-2-5-9-17/h2-15,24H,16H2,1H3/b22-15+. The van der Waals surface area contributed by atoms with Crippen LogP contribution in [0.4, 0.5) is 5.69 Å². The molecule has 0 bridgehead atoms. The van der Waals surface area contributed by atoms with Crippen molar-refractivity contribution in [3.8, 4) is 11.5 Å². The van der Waals surface area contributed by atoms with E-state index in [1.54, 1.807) is 18.3 Å². The van der Waals surface area contributed by atoms with Crippen LogP contribution in [0.25, 0.3) is 0 Å². The van der Waals surface area contributed by atoms with Crippen LogP contribution in [0.5, 0.6) is 11.5 Å². The van der Waals surface area contributed by atoms with Gasteiger partial charge in [-0.15, -0.1) is 0 Å². The molecule has 0 fully saturated rings. The van der Waals surface area contributed by atoms with Crippen molar-refractivity contribution in [1.82, 2.24) is 0 Å². The number of anilines is 1. The molecule has 0 radical (unpaired) electrons. The summed E-state index contributed by atoms with van der Waals surface area (Å²) in [6.45, 7) is 0.656. The minimum Gasteiger partial charge on any atom is -0.504 e. The van der Waals surface area contributed by atoms with Gasteiger partial charge in [-0.25, -0.2) is 0 Å². The maximum atomic E-state index is 9.91. The fourth-order valence-corrected chi connectivity index (χ4v) is 2.48. The monoisotopic (exact) mass is 332 g/mol. The summed E-state index contributed by atoms with van der Waals surface area (Å²) in [5, 5.41) is 16.4. The van der Waals surface area contributed by atoms with Gasteiger partial charge in [-0.05, 0) is 41.5 Å². The summed E-state index contributed by atoms with van der Waals surface area (Å²) in [7, 11) is 1.53. The third kappa shape index (κ3) is 4.38. The van der Waals surface area contributed by atoms with Gasteiger partial charge in [-0.1, -0.05) is 48.5 Å². The van der Waals surface area contributed by atoms with Gasteiger partial charge in [0.1, 0.15) is 0 Å². The molecule has 0 unspecified atom stereocenters. The highest BCUT2D eigenvalue weighted by atomic mass is 16.5. The molecule has 0 aromatic heterocycles. The van der Waals surface area contributed by atoms with E-state index in [0.29, 0.717) is 12.3 Å². The zero-order chi connectivity index (χ0) is 17.5. The fourth-order valence-electron chi connectivity index (χ4n) is 2.48. The van der Waals surface area contributed by atoms with Gasteiger partial charge >= 0.3 is 0 Å². The molecule has 0 atom stereocenters. The first-order valence-electron chi connectivity index (χ1n) is 8.04. The lowest BCUT2D eigenvalue weighted by molar-refractivity contribution is 0.373. The molecule has 4 nitrogen and oxygen atoms in total.